The first kappa shape index (κ1) is 17.0. The Bertz CT molecular complexity index is 499. The quantitative estimate of drug-likeness (QED) is 0.789. The average Bonchev–Trinajstić information content (AvgIpc) is 2.41. The summed E-state index contributed by atoms with van der Waals surface area (Å²) in [6, 6.07) is 4.41. The van der Waals surface area contributed by atoms with Crippen LogP contribution in [0.25, 0.3) is 0 Å². The summed E-state index contributed by atoms with van der Waals surface area (Å²) in [4.78, 5) is 22.8. The van der Waals surface area contributed by atoms with E-state index in [0.29, 0.717) is 10.2 Å². The van der Waals surface area contributed by atoms with Gasteiger partial charge in [0.2, 0.25) is 5.91 Å². The second-order valence-electron chi connectivity index (χ2n) is 4.11. The molecule has 1 aromatic carbocycles. The maximum Gasteiger partial charge on any atom is 0.309 e. The van der Waals surface area contributed by atoms with E-state index in [9.17, 15) is 14.0 Å². The van der Waals surface area contributed by atoms with Gasteiger partial charge in [0.25, 0.3) is 0 Å². The number of carbonyl (C=O) groups is 2. The highest BCUT2D eigenvalue weighted by Crippen LogP contribution is 2.19. The van der Waals surface area contributed by atoms with E-state index in [4.69, 9.17) is 0 Å². The molecule has 0 aliphatic heterocycles. The number of esters is 1. The average molecular weight is 364 g/mol. The fourth-order valence-electron chi connectivity index (χ4n) is 1.37. The third-order valence-electron chi connectivity index (χ3n) is 2.41. The van der Waals surface area contributed by atoms with E-state index < -0.39 is 5.82 Å². The molecule has 0 saturated carbocycles. The van der Waals surface area contributed by atoms with E-state index in [-0.39, 0.29) is 29.2 Å². The Morgan fingerprint density at radius 3 is 2.80 bits per heavy atom. The van der Waals surface area contributed by atoms with Gasteiger partial charge in [-0.1, -0.05) is 22.9 Å². The van der Waals surface area contributed by atoms with Gasteiger partial charge in [0.15, 0.2) is 0 Å². The van der Waals surface area contributed by atoms with Crippen LogP contribution in [0.3, 0.4) is 0 Å². The topological polar surface area (TPSA) is 55.4 Å². The van der Waals surface area contributed by atoms with Crippen LogP contribution < -0.4 is 5.32 Å². The molecule has 0 aliphatic carbocycles. The largest absolute Gasteiger partial charge is 0.469 e. The third-order valence-corrected chi connectivity index (χ3v) is 4.11. The van der Waals surface area contributed by atoms with E-state index in [1.54, 1.807) is 13.0 Å². The molecule has 0 radical (unpaired) electrons. The van der Waals surface area contributed by atoms with Crippen LogP contribution in [0.15, 0.2) is 22.7 Å². The third kappa shape index (κ3) is 5.50. The summed E-state index contributed by atoms with van der Waals surface area (Å²) in [6.45, 7) is 1.73. The number of amides is 1. The lowest BCUT2D eigenvalue weighted by Gasteiger charge is -2.09. The van der Waals surface area contributed by atoms with Crippen molar-refractivity contribution < 1.29 is 18.7 Å². The summed E-state index contributed by atoms with van der Waals surface area (Å²) in [7, 11) is 1.33. The minimum atomic E-state index is -0.499. The van der Waals surface area contributed by atoms with Gasteiger partial charge in [-0.25, -0.2) is 4.39 Å². The summed E-state index contributed by atoms with van der Waals surface area (Å²) < 4.78 is 18.7. The fourth-order valence-corrected chi connectivity index (χ4v) is 2.57. The van der Waals surface area contributed by atoms with Gasteiger partial charge < -0.3 is 10.1 Å². The number of benzene rings is 1. The van der Waals surface area contributed by atoms with Crippen molar-refractivity contribution in [2.24, 2.45) is 5.92 Å². The summed E-state index contributed by atoms with van der Waals surface area (Å²) >= 11 is 4.44. The number of anilines is 1. The zero-order valence-corrected chi connectivity index (χ0v) is 13.5. The van der Waals surface area contributed by atoms with Gasteiger partial charge in [-0.05, 0) is 18.2 Å². The van der Waals surface area contributed by atoms with Crippen LogP contribution in [0.5, 0.6) is 0 Å². The molecule has 0 fully saturated rings. The van der Waals surface area contributed by atoms with Crippen molar-refractivity contribution in [3.05, 3.63) is 28.5 Å². The van der Waals surface area contributed by atoms with E-state index in [1.807, 2.05) is 0 Å². The number of thioether (sulfide) groups is 1. The Balaban J connectivity index is 2.39. The van der Waals surface area contributed by atoms with Gasteiger partial charge >= 0.3 is 5.97 Å². The van der Waals surface area contributed by atoms with Crippen molar-refractivity contribution in [2.75, 3.05) is 23.9 Å². The minimum Gasteiger partial charge on any atom is -0.469 e. The number of methoxy groups -OCH3 is 1. The molecule has 0 spiro atoms. The summed E-state index contributed by atoms with van der Waals surface area (Å²) in [5.74, 6) is -0.771. The highest BCUT2D eigenvalue weighted by atomic mass is 79.9. The second kappa shape index (κ2) is 8.26. The van der Waals surface area contributed by atoms with Gasteiger partial charge in [-0.15, -0.1) is 0 Å². The first-order valence-electron chi connectivity index (χ1n) is 5.84. The molecule has 0 saturated heterocycles. The maximum absolute atomic E-state index is 13.5. The van der Waals surface area contributed by atoms with E-state index >= 15 is 0 Å². The highest BCUT2D eigenvalue weighted by Gasteiger charge is 2.14. The molecule has 20 heavy (non-hydrogen) atoms. The van der Waals surface area contributed by atoms with Crippen LogP contribution in [-0.2, 0) is 14.3 Å². The standard InChI is InChI=1S/C13H15BrFNO3S/c1-8(13(18)19-2)6-20-7-12(17)16-11-4-3-9(14)5-10(11)15/h3-5,8H,6-7H2,1-2H3,(H,16,17). The van der Waals surface area contributed by atoms with Crippen LogP contribution in [0.2, 0.25) is 0 Å². The number of rotatable bonds is 6. The van der Waals surface area contributed by atoms with Gasteiger partial charge in [0.1, 0.15) is 5.82 Å². The van der Waals surface area contributed by atoms with Gasteiger partial charge in [0, 0.05) is 10.2 Å². The van der Waals surface area contributed by atoms with E-state index in [0.717, 1.165) is 0 Å². The lowest BCUT2D eigenvalue weighted by Crippen LogP contribution is -2.18. The molecule has 0 aromatic heterocycles. The molecule has 7 heteroatoms. The number of hydrogen-bond donors (Lipinski definition) is 1. The Morgan fingerprint density at radius 2 is 2.20 bits per heavy atom. The zero-order valence-electron chi connectivity index (χ0n) is 11.1. The maximum atomic E-state index is 13.5. The van der Waals surface area contributed by atoms with Crippen LogP contribution in [0.4, 0.5) is 10.1 Å². The molecule has 110 valence electrons. The van der Waals surface area contributed by atoms with Crippen molar-refractivity contribution in [1.29, 1.82) is 0 Å². The molecule has 1 rings (SSSR count). The summed E-state index contributed by atoms with van der Waals surface area (Å²) in [5.41, 5.74) is 0.139. The normalized spacial score (nSPS) is 11.8. The molecule has 1 aromatic rings. The van der Waals surface area contributed by atoms with Crippen molar-refractivity contribution in [3.63, 3.8) is 0 Å². The Labute approximate surface area is 129 Å². The Morgan fingerprint density at radius 1 is 1.50 bits per heavy atom. The number of ether oxygens (including phenoxy) is 1. The predicted molar refractivity (Wildman–Crippen MR) is 81.2 cm³/mol. The van der Waals surface area contributed by atoms with Gasteiger partial charge in [-0.2, -0.15) is 11.8 Å². The lowest BCUT2D eigenvalue weighted by molar-refractivity contribution is -0.144. The molecule has 1 atom stereocenters. The molecule has 0 aliphatic rings. The lowest BCUT2D eigenvalue weighted by atomic mass is 10.2. The van der Waals surface area contributed by atoms with Crippen molar-refractivity contribution in [1.82, 2.24) is 0 Å². The Kier molecular flexibility index (Phi) is 7.01. The molecule has 4 nitrogen and oxygen atoms in total. The first-order valence-corrected chi connectivity index (χ1v) is 7.79. The molecular formula is C13H15BrFNO3S. The number of hydrogen-bond acceptors (Lipinski definition) is 4. The van der Waals surface area contributed by atoms with Crippen LogP contribution >= 0.6 is 27.7 Å². The van der Waals surface area contributed by atoms with Crippen molar-refractivity contribution in [3.8, 4) is 0 Å². The monoisotopic (exact) mass is 363 g/mol. The van der Waals surface area contributed by atoms with Gasteiger partial charge in [-0.3, -0.25) is 9.59 Å². The number of nitrogens with one attached hydrogen (secondary N) is 1. The fraction of sp³-hybridized carbons (Fsp3) is 0.385. The summed E-state index contributed by atoms with van der Waals surface area (Å²) in [6.07, 6.45) is 0. The van der Waals surface area contributed by atoms with Crippen molar-refractivity contribution in [2.45, 2.75) is 6.92 Å². The smallest absolute Gasteiger partial charge is 0.309 e. The molecular weight excluding hydrogens is 349 g/mol. The van der Waals surface area contributed by atoms with E-state index in [1.165, 1.54) is 31.0 Å². The Hall–Kier alpha value is -1.08. The first-order chi connectivity index (χ1) is 9.43. The number of halogens is 2. The minimum absolute atomic E-state index is 0.139. The molecule has 0 heterocycles. The molecule has 1 N–H and O–H groups in total. The number of carbonyl (C=O) groups excluding carboxylic acids is 2. The molecule has 1 amide bonds. The van der Waals surface area contributed by atoms with E-state index in [2.05, 4.69) is 26.0 Å². The van der Waals surface area contributed by atoms with Gasteiger partial charge in [0.05, 0.1) is 24.5 Å². The highest BCUT2D eigenvalue weighted by molar-refractivity contribution is 9.10. The van der Waals surface area contributed by atoms with Crippen LogP contribution in [0.1, 0.15) is 6.92 Å². The predicted octanol–water partition coefficient (Wildman–Crippen LogP) is 3.07. The summed E-state index contributed by atoms with van der Waals surface area (Å²) in [5, 5.41) is 2.48. The molecule has 0 bridgehead atoms. The SMILES string of the molecule is COC(=O)C(C)CSCC(=O)Nc1ccc(Br)cc1F. The zero-order chi connectivity index (χ0) is 15.1. The second-order valence-corrected chi connectivity index (χ2v) is 6.06. The van der Waals surface area contributed by atoms with Crippen LogP contribution in [0, 0.1) is 11.7 Å². The van der Waals surface area contributed by atoms with Crippen molar-refractivity contribution >= 4 is 45.3 Å². The molecule has 1 unspecified atom stereocenters. The van der Waals surface area contributed by atoms with Crippen LogP contribution in [-0.4, -0.2) is 30.5 Å².